The summed E-state index contributed by atoms with van der Waals surface area (Å²) in [5.74, 6) is 0.523. The monoisotopic (exact) mass is 295 g/mol. The number of nitrogen functional groups attached to an aromatic ring is 1. The summed E-state index contributed by atoms with van der Waals surface area (Å²) in [7, 11) is 0. The standard InChI is InChI=1S/C11H14BrN5/c1-2-3-10-11(13)15-16-17(10)7-8-4-9(12)6-14-5-8/h4-6H,2-3,7,13H2,1H3. The average molecular weight is 296 g/mol. The van der Waals surface area contributed by atoms with Crippen LogP contribution in [0.4, 0.5) is 5.82 Å². The Labute approximate surface area is 108 Å². The zero-order chi connectivity index (χ0) is 12.3. The Kier molecular flexibility index (Phi) is 3.73. The molecule has 0 saturated carbocycles. The highest BCUT2D eigenvalue weighted by molar-refractivity contribution is 9.10. The second-order valence-electron chi connectivity index (χ2n) is 3.84. The lowest BCUT2D eigenvalue weighted by molar-refractivity contribution is 0.612. The average Bonchev–Trinajstić information content (AvgIpc) is 2.62. The Balaban J connectivity index is 2.24. The van der Waals surface area contributed by atoms with Crippen LogP contribution in [-0.2, 0) is 13.0 Å². The van der Waals surface area contributed by atoms with Crippen molar-refractivity contribution in [2.24, 2.45) is 0 Å². The van der Waals surface area contributed by atoms with Crippen molar-refractivity contribution in [1.29, 1.82) is 0 Å². The second-order valence-corrected chi connectivity index (χ2v) is 4.76. The summed E-state index contributed by atoms with van der Waals surface area (Å²) in [6.07, 6.45) is 5.49. The zero-order valence-electron chi connectivity index (χ0n) is 9.60. The summed E-state index contributed by atoms with van der Waals surface area (Å²) in [5, 5.41) is 7.97. The molecule has 0 radical (unpaired) electrons. The van der Waals surface area contributed by atoms with Crippen LogP contribution in [0.25, 0.3) is 0 Å². The minimum atomic E-state index is 0.523. The number of nitrogens with zero attached hydrogens (tertiary/aromatic N) is 4. The van der Waals surface area contributed by atoms with E-state index >= 15 is 0 Å². The van der Waals surface area contributed by atoms with Crippen molar-refractivity contribution in [1.82, 2.24) is 20.0 Å². The van der Waals surface area contributed by atoms with Crippen LogP contribution < -0.4 is 5.73 Å². The minimum Gasteiger partial charge on any atom is -0.381 e. The Morgan fingerprint density at radius 1 is 1.41 bits per heavy atom. The Morgan fingerprint density at radius 3 is 2.94 bits per heavy atom. The summed E-state index contributed by atoms with van der Waals surface area (Å²) in [6.45, 7) is 2.75. The maximum Gasteiger partial charge on any atom is 0.169 e. The number of rotatable bonds is 4. The summed E-state index contributed by atoms with van der Waals surface area (Å²) in [5.41, 5.74) is 7.86. The number of halogens is 1. The number of pyridine rings is 1. The number of anilines is 1. The third-order valence-corrected chi connectivity index (χ3v) is 2.88. The quantitative estimate of drug-likeness (QED) is 0.937. The van der Waals surface area contributed by atoms with Crippen LogP contribution in [-0.4, -0.2) is 20.0 Å². The van der Waals surface area contributed by atoms with Crippen LogP contribution >= 0.6 is 15.9 Å². The van der Waals surface area contributed by atoms with E-state index < -0.39 is 0 Å². The van der Waals surface area contributed by atoms with Crippen molar-refractivity contribution >= 4 is 21.7 Å². The van der Waals surface area contributed by atoms with Gasteiger partial charge in [-0.05, 0) is 34.0 Å². The van der Waals surface area contributed by atoms with Gasteiger partial charge in [-0.2, -0.15) is 0 Å². The first kappa shape index (κ1) is 12.0. The van der Waals surface area contributed by atoms with Crippen molar-refractivity contribution < 1.29 is 0 Å². The Bertz CT molecular complexity index is 508. The van der Waals surface area contributed by atoms with E-state index in [9.17, 15) is 0 Å². The van der Waals surface area contributed by atoms with Gasteiger partial charge < -0.3 is 5.73 Å². The van der Waals surface area contributed by atoms with Crippen molar-refractivity contribution in [3.63, 3.8) is 0 Å². The van der Waals surface area contributed by atoms with E-state index in [2.05, 4.69) is 38.1 Å². The molecule has 2 N–H and O–H groups in total. The van der Waals surface area contributed by atoms with Gasteiger partial charge in [-0.15, -0.1) is 5.10 Å². The fraction of sp³-hybridized carbons (Fsp3) is 0.364. The SMILES string of the molecule is CCCc1c(N)nnn1Cc1cncc(Br)c1. The van der Waals surface area contributed by atoms with Gasteiger partial charge in [-0.25, -0.2) is 4.68 Å². The minimum absolute atomic E-state index is 0.523. The summed E-state index contributed by atoms with van der Waals surface area (Å²) >= 11 is 3.40. The molecule has 6 heteroatoms. The van der Waals surface area contributed by atoms with Crippen LogP contribution in [0.15, 0.2) is 22.9 Å². The summed E-state index contributed by atoms with van der Waals surface area (Å²) in [6, 6.07) is 2.01. The van der Waals surface area contributed by atoms with Crippen molar-refractivity contribution in [3.05, 3.63) is 34.2 Å². The van der Waals surface area contributed by atoms with Gasteiger partial charge in [0, 0.05) is 16.9 Å². The molecular weight excluding hydrogens is 282 g/mol. The van der Waals surface area contributed by atoms with E-state index in [1.54, 1.807) is 6.20 Å². The number of aromatic nitrogens is 4. The molecule has 0 atom stereocenters. The van der Waals surface area contributed by atoms with Crippen LogP contribution in [0, 0.1) is 0 Å². The zero-order valence-corrected chi connectivity index (χ0v) is 11.2. The molecule has 0 aliphatic rings. The molecule has 0 saturated heterocycles. The summed E-state index contributed by atoms with van der Waals surface area (Å²) < 4.78 is 2.79. The molecule has 0 unspecified atom stereocenters. The highest BCUT2D eigenvalue weighted by Crippen LogP contribution is 2.14. The van der Waals surface area contributed by atoms with Crippen molar-refractivity contribution in [3.8, 4) is 0 Å². The number of hydrogen-bond donors (Lipinski definition) is 1. The van der Waals surface area contributed by atoms with Gasteiger partial charge in [0.25, 0.3) is 0 Å². The van der Waals surface area contributed by atoms with E-state index in [1.165, 1.54) is 0 Å². The smallest absolute Gasteiger partial charge is 0.169 e. The first-order valence-corrected chi connectivity index (χ1v) is 6.27. The topological polar surface area (TPSA) is 69.6 Å². The molecule has 0 aromatic carbocycles. The molecule has 2 aromatic heterocycles. The van der Waals surface area contributed by atoms with Gasteiger partial charge in [-0.1, -0.05) is 18.6 Å². The fourth-order valence-electron chi connectivity index (χ4n) is 1.68. The second kappa shape index (κ2) is 5.27. The lowest BCUT2D eigenvalue weighted by atomic mass is 10.2. The lowest BCUT2D eigenvalue weighted by Crippen LogP contribution is -2.07. The van der Waals surface area contributed by atoms with Crippen molar-refractivity contribution in [2.45, 2.75) is 26.3 Å². The molecule has 5 nitrogen and oxygen atoms in total. The van der Waals surface area contributed by atoms with E-state index in [4.69, 9.17) is 5.73 Å². The first-order valence-electron chi connectivity index (χ1n) is 5.48. The third kappa shape index (κ3) is 2.82. The molecular formula is C11H14BrN5. The van der Waals surface area contributed by atoms with Gasteiger partial charge in [0.1, 0.15) is 0 Å². The predicted molar refractivity (Wildman–Crippen MR) is 69.5 cm³/mol. The predicted octanol–water partition coefficient (Wildman–Crippen LogP) is 2.02. The Morgan fingerprint density at radius 2 is 2.24 bits per heavy atom. The van der Waals surface area contributed by atoms with Crippen LogP contribution in [0.3, 0.4) is 0 Å². The number of nitrogens with two attached hydrogens (primary N) is 1. The van der Waals surface area contributed by atoms with Gasteiger partial charge >= 0.3 is 0 Å². The largest absolute Gasteiger partial charge is 0.381 e. The molecule has 0 bridgehead atoms. The van der Waals surface area contributed by atoms with E-state index in [-0.39, 0.29) is 0 Å². The third-order valence-electron chi connectivity index (χ3n) is 2.45. The van der Waals surface area contributed by atoms with Crippen molar-refractivity contribution in [2.75, 3.05) is 5.73 Å². The normalized spacial score (nSPS) is 10.7. The van der Waals surface area contributed by atoms with Gasteiger partial charge in [0.15, 0.2) is 5.82 Å². The molecule has 17 heavy (non-hydrogen) atoms. The van der Waals surface area contributed by atoms with E-state index in [1.807, 2.05) is 16.9 Å². The van der Waals surface area contributed by atoms with E-state index in [0.717, 1.165) is 28.6 Å². The molecule has 2 heterocycles. The highest BCUT2D eigenvalue weighted by Gasteiger charge is 2.09. The lowest BCUT2D eigenvalue weighted by Gasteiger charge is -2.06. The molecule has 0 amide bonds. The molecule has 0 fully saturated rings. The molecule has 90 valence electrons. The maximum atomic E-state index is 5.79. The molecule has 0 spiro atoms. The van der Waals surface area contributed by atoms with Crippen LogP contribution in [0.5, 0.6) is 0 Å². The van der Waals surface area contributed by atoms with Gasteiger partial charge in [0.2, 0.25) is 0 Å². The molecule has 0 aliphatic carbocycles. The Hall–Kier alpha value is -1.43. The van der Waals surface area contributed by atoms with Crippen LogP contribution in [0.2, 0.25) is 0 Å². The fourth-order valence-corrected chi connectivity index (χ4v) is 2.09. The first-order chi connectivity index (χ1) is 8.20. The molecule has 0 aliphatic heterocycles. The van der Waals surface area contributed by atoms with E-state index in [0.29, 0.717) is 12.4 Å². The van der Waals surface area contributed by atoms with Gasteiger partial charge in [-0.3, -0.25) is 4.98 Å². The summed E-state index contributed by atoms with van der Waals surface area (Å²) in [4.78, 5) is 4.12. The molecule has 2 aromatic rings. The van der Waals surface area contributed by atoms with Gasteiger partial charge in [0.05, 0.1) is 12.2 Å². The van der Waals surface area contributed by atoms with Crippen LogP contribution in [0.1, 0.15) is 24.6 Å². The molecule has 2 rings (SSSR count). The highest BCUT2D eigenvalue weighted by atomic mass is 79.9. The number of hydrogen-bond acceptors (Lipinski definition) is 4. The maximum absolute atomic E-state index is 5.79.